The zero-order chi connectivity index (χ0) is 13.1. The summed E-state index contributed by atoms with van der Waals surface area (Å²) in [6.45, 7) is 8.93. The first kappa shape index (κ1) is 12.8. The van der Waals surface area contributed by atoms with Crippen LogP contribution in [-0.2, 0) is 0 Å². The highest BCUT2D eigenvalue weighted by Crippen LogP contribution is 2.30. The molecule has 0 saturated heterocycles. The predicted molar refractivity (Wildman–Crippen MR) is 74.2 cm³/mol. The number of nitrogens with one attached hydrogen (secondary N) is 1. The lowest BCUT2D eigenvalue weighted by molar-refractivity contribution is 0.372. The SMILES string of the molecule is CC(C)C(c1nc(-c2ccccc2)n[nH]1)C(C)C. The van der Waals surface area contributed by atoms with Crippen molar-refractivity contribution in [2.45, 2.75) is 33.6 Å². The van der Waals surface area contributed by atoms with Gasteiger partial charge in [0, 0.05) is 11.5 Å². The van der Waals surface area contributed by atoms with Crippen LogP contribution in [-0.4, -0.2) is 15.2 Å². The Hall–Kier alpha value is -1.64. The molecule has 0 radical (unpaired) electrons. The first-order valence-corrected chi connectivity index (χ1v) is 6.57. The lowest BCUT2D eigenvalue weighted by Crippen LogP contribution is -2.15. The van der Waals surface area contributed by atoms with Crippen molar-refractivity contribution in [3.05, 3.63) is 36.2 Å². The molecule has 18 heavy (non-hydrogen) atoms. The van der Waals surface area contributed by atoms with Crippen LogP contribution < -0.4 is 0 Å². The molecule has 2 aromatic rings. The van der Waals surface area contributed by atoms with Crippen molar-refractivity contribution in [3.8, 4) is 11.4 Å². The largest absolute Gasteiger partial charge is 0.262 e. The van der Waals surface area contributed by atoms with E-state index in [2.05, 4.69) is 42.9 Å². The molecule has 0 bridgehead atoms. The summed E-state index contributed by atoms with van der Waals surface area (Å²) < 4.78 is 0. The molecule has 3 nitrogen and oxygen atoms in total. The molecule has 1 N–H and O–H groups in total. The van der Waals surface area contributed by atoms with Gasteiger partial charge >= 0.3 is 0 Å². The van der Waals surface area contributed by atoms with Crippen molar-refractivity contribution < 1.29 is 0 Å². The van der Waals surface area contributed by atoms with Gasteiger partial charge in [-0.05, 0) is 11.8 Å². The molecule has 0 unspecified atom stereocenters. The highest BCUT2D eigenvalue weighted by atomic mass is 15.2. The van der Waals surface area contributed by atoms with Crippen LogP contribution in [0.3, 0.4) is 0 Å². The van der Waals surface area contributed by atoms with Crippen LogP contribution in [0.1, 0.15) is 39.4 Å². The Kier molecular flexibility index (Phi) is 3.80. The third kappa shape index (κ3) is 2.61. The molecule has 1 aromatic carbocycles. The summed E-state index contributed by atoms with van der Waals surface area (Å²) in [6.07, 6.45) is 0. The Bertz CT molecular complexity index is 477. The van der Waals surface area contributed by atoms with Gasteiger partial charge in [-0.3, -0.25) is 5.10 Å². The number of H-pyrrole nitrogens is 1. The third-order valence-electron chi connectivity index (χ3n) is 3.29. The van der Waals surface area contributed by atoms with Crippen molar-refractivity contribution in [1.29, 1.82) is 0 Å². The van der Waals surface area contributed by atoms with E-state index in [0.29, 0.717) is 17.8 Å². The third-order valence-corrected chi connectivity index (χ3v) is 3.29. The fourth-order valence-corrected chi connectivity index (χ4v) is 2.54. The second kappa shape index (κ2) is 5.34. The molecule has 0 atom stereocenters. The number of aromatic nitrogens is 3. The van der Waals surface area contributed by atoms with Gasteiger partial charge in [0.1, 0.15) is 5.82 Å². The second-order valence-electron chi connectivity index (χ2n) is 5.42. The van der Waals surface area contributed by atoms with Crippen molar-refractivity contribution in [3.63, 3.8) is 0 Å². The molecular formula is C15H21N3. The molecule has 0 amide bonds. The minimum absolute atomic E-state index is 0.426. The monoisotopic (exact) mass is 243 g/mol. The first-order valence-electron chi connectivity index (χ1n) is 6.57. The number of nitrogens with zero attached hydrogens (tertiary/aromatic N) is 2. The van der Waals surface area contributed by atoms with Gasteiger partial charge in [0.25, 0.3) is 0 Å². The van der Waals surface area contributed by atoms with Crippen LogP contribution in [0.25, 0.3) is 11.4 Å². The van der Waals surface area contributed by atoms with E-state index < -0.39 is 0 Å². The molecule has 96 valence electrons. The summed E-state index contributed by atoms with van der Waals surface area (Å²) in [6, 6.07) is 10.1. The Morgan fingerprint density at radius 3 is 2.11 bits per heavy atom. The number of aromatic amines is 1. The normalized spacial score (nSPS) is 11.7. The molecule has 2 rings (SSSR count). The van der Waals surface area contributed by atoms with Crippen molar-refractivity contribution in [2.24, 2.45) is 11.8 Å². The van der Waals surface area contributed by atoms with Gasteiger partial charge in [-0.2, -0.15) is 5.10 Å². The first-order chi connectivity index (χ1) is 8.59. The average Bonchev–Trinajstić information content (AvgIpc) is 2.78. The van der Waals surface area contributed by atoms with Crippen molar-refractivity contribution >= 4 is 0 Å². The average molecular weight is 243 g/mol. The molecule has 0 saturated carbocycles. The smallest absolute Gasteiger partial charge is 0.181 e. The van der Waals surface area contributed by atoms with Gasteiger partial charge in [-0.1, -0.05) is 58.0 Å². The summed E-state index contributed by atoms with van der Waals surface area (Å²) in [5.41, 5.74) is 1.06. The quantitative estimate of drug-likeness (QED) is 0.885. The Morgan fingerprint density at radius 1 is 0.944 bits per heavy atom. The lowest BCUT2D eigenvalue weighted by Gasteiger charge is -2.21. The molecule has 0 aliphatic carbocycles. The Morgan fingerprint density at radius 2 is 1.56 bits per heavy atom. The van der Waals surface area contributed by atoms with Gasteiger partial charge in [-0.25, -0.2) is 4.98 Å². The molecule has 0 aliphatic heterocycles. The molecular weight excluding hydrogens is 222 g/mol. The summed E-state index contributed by atoms with van der Waals surface area (Å²) in [4.78, 5) is 4.66. The Labute approximate surface area is 109 Å². The predicted octanol–water partition coefficient (Wildman–Crippen LogP) is 3.87. The van der Waals surface area contributed by atoms with Gasteiger partial charge < -0.3 is 0 Å². The maximum atomic E-state index is 4.66. The van der Waals surface area contributed by atoms with Crippen LogP contribution in [0.4, 0.5) is 0 Å². The zero-order valence-electron chi connectivity index (χ0n) is 11.5. The number of hydrogen-bond donors (Lipinski definition) is 1. The molecule has 0 spiro atoms. The minimum Gasteiger partial charge on any atom is -0.262 e. The van der Waals surface area contributed by atoms with E-state index in [4.69, 9.17) is 0 Å². The minimum atomic E-state index is 0.426. The highest BCUT2D eigenvalue weighted by Gasteiger charge is 2.23. The zero-order valence-corrected chi connectivity index (χ0v) is 11.5. The van der Waals surface area contributed by atoms with Crippen molar-refractivity contribution in [1.82, 2.24) is 15.2 Å². The highest BCUT2D eigenvalue weighted by molar-refractivity contribution is 5.53. The lowest BCUT2D eigenvalue weighted by atomic mass is 9.85. The van der Waals surface area contributed by atoms with Crippen LogP contribution in [0.2, 0.25) is 0 Å². The van der Waals surface area contributed by atoms with Gasteiger partial charge in [0.2, 0.25) is 0 Å². The summed E-state index contributed by atoms with van der Waals surface area (Å²) >= 11 is 0. The van der Waals surface area contributed by atoms with E-state index in [-0.39, 0.29) is 0 Å². The second-order valence-corrected chi connectivity index (χ2v) is 5.42. The van der Waals surface area contributed by atoms with E-state index in [1.807, 2.05) is 30.3 Å². The van der Waals surface area contributed by atoms with E-state index in [0.717, 1.165) is 17.2 Å². The summed E-state index contributed by atoms with van der Waals surface area (Å²) in [5.74, 6) is 3.33. The maximum absolute atomic E-state index is 4.66. The number of hydrogen-bond acceptors (Lipinski definition) is 2. The molecule has 0 aliphatic rings. The van der Waals surface area contributed by atoms with Crippen LogP contribution in [0.5, 0.6) is 0 Å². The van der Waals surface area contributed by atoms with Gasteiger partial charge in [0.15, 0.2) is 5.82 Å². The topological polar surface area (TPSA) is 41.6 Å². The van der Waals surface area contributed by atoms with Crippen LogP contribution in [0, 0.1) is 11.8 Å². The molecule has 0 fully saturated rings. The van der Waals surface area contributed by atoms with Crippen LogP contribution >= 0.6 is 0 Å². The number of benzene rings is 1. The van der Waals surface area contributed by atoms with E-state index >= 15 is 0 Å². The maximum Gasteiger partial charge on any atom is 0.181 e. The number of rotatable bonds is 4. The molecule has 3 heteroatoms. The van der Waals surface area contributed by atoms with Crippen molar-refractivity contribution in [2.75, 3.05) is 0 Å². The Balaban J connectivity index is 2.30. The van der Waals surface area contributed by atoms with Gasteiger partial charge in [0.05, 0.1) is 0 Å². The van der Waals surface area contributed by atoms with E-state index in [1.54, 1.807) is 0 Å². The van der Waals surface area contributed by atoms with E-state index in [9.17, 15) is 0 Å². The fraction of sp³-hybridized carbons (Fsp3) is 0.467. The van der Waals surface area contributed by atoms with E-state index in [1.165, 1.54) is 0 Å². The summed E-state index contributed by atoms with van der Waals surface area (Å²) in [7, 11) is 0. The fourth-order valence-electron chi connectivity index (χ4n) is 2.54. The van der Waals surface area contributed by atoms with Gasteiger partial charge in [-0.15, -0.1) is 0 Å². The standard InChI is InChI=1S/C15H21N3/c1-10(2)13(11(3)4)15-16-14(17-18-15)12-8-6-5-7-9-12/h5-11,13H,1-4H3,(H,16,17,18). The molecule has 1 aromatic heterocycles. The summed E-state index contributed by atoms with van der Waals surface area (Å²) in [5, 5.41) is 7.44. The van der Waals surface area contributed by atoms with Crippen LogP contribution in [0.15, 0.2) is 30.3 Å². The molecule has 1 heterocycles.